The van der Waals surface area contributed by atoms with Crippen LogP contribution in [0.5, 0.6) is 11.5 Å². The molecule has 0 saturated heterocycles. The first-order chi connectivity index (χ1) is 10.0. The first-order valence-corrected chi connectivity index (χ1v) is 5.94. The van der Waals surface area contributed by atoms with Crippen molar-refractivity contribution in [3.8, 4) is 11.5 Å². The lowest BCUT2D eigenvalue weighted by Crippen LogP contribution is -2.06. The van der Waals surface area contributed by atoms with E-state index >= 15 is 0 Å². The number of alkyl halides is 2. The largest absolute Gasteiger partial charge is 0.496 e. The molecule has 0 N–H and O–H groups in total. The average Bonchev–Trinajstić information content (AvgIpc) is 2.46. The second-order valence-electron chi connectivity index (χ2n) is 4.08. The number of halogens is 3. The van der Waals surface area contributed by atoms with Gasteiger partial charge in [0, 0.05) is 5.56 Å². The van der Waals surface area contributed by atoms with Crippen LogP contribution in [0.2, 0.25) is 0 Å². The first-order valence-electron chi connectivity index (χ1n) is 5.94. The van der Waals surface area contributed by atoms with Gasteiger partial charge < -0.3 is 9.47 Å². The van der Waals surface area contributed by atoms with Gasteiger partial charge in [0.2, 0.25) is 0 Å². The summed E-state index contributed by atoms with van der Waals surface area (Å²) in [5, 5.41) is 0. The summed E-state index contributed by atoms with van der Waals surface area (Å²) in [6.45, 7) is -2.99. The highest BCUT2D eigenvalue weighted by molar-refractivity contribution is 6.10. The molecule has 0 aliphatic carbocycles. The van der Waals surface area contributed by atoms with Gasteiger partial charge in [-0.3, -0.25) is 4.79 Å². The van der Waals surface area contributed by atoms with Crippen LogP contribution in [0.4, 0.5) is 13.2 Å². The van der Waals surface area contributed by atoms with Crippen LogP contribution < -0.4 is 9.47 Å². The van der Waals surface area contributed by atoms with Crippen LogP contribution in [0.15, 0.2) is 42.5 Å². The molecule has 0 aromatic heterocycles. The number of ether oxygens (including phenoxy) is 2. The number of methoxy groups -OCH3 is 1. The zero-order chi connectivity index (χ0) is 15.4. The van der Waals surface area contributed by atoms with Gasteiger partial charge in [0.15, 0.2) is 5.78 Å². The molecule has 0 spiro atoms. The predicted octanol–water partition coefficient (Wildman–Crippen LogP) is 3.67. The highest BCUT2D eigenvalue weighted by Gasteiger charge is 2.16. The summed E-state index contributed by atoms with van der Waals surface area (Å²) in [7, 11) is 1.35. The van der Waals surface area contributed by atoms with Gasteiger partial charge >= 0.3 is 6.61 Å². The van der Waals surface area contributed by atoms with Gasteiger partial charge in [-0.2, -0.15) is 8.78 Å². The van der Waals surface area contributed by atoms with Gasteiger partial charge in [-0.15, -0.1) is 0 Å². The van der Waals surface area contributed by atoms with E-state index in [4.69, 9.17) is 4.74 Å². The van der Waals surface area contributed by atoms with E-state index in [0.29, 0.717) is 0 Å². The van der Waals surface area contributed by atoms with Crippen LogP contribution in [0, 0.1) is 5.82 Å². The Morgan fingerprint density at radius 2 is 1.90 bits per heavy atom. The lowest BCUT2D eigenvalue weighted by atomic mass is 10.0. The molecule has 21 heavy (non-hydrogen) atoms. The van der Waals surface area contributed by atoms with Crippen molar-refractivity contribution in [2.24, 2.45) is 0 Å². The molecular weight excluding hydrogens is 285 g/mol. The van der Waals surface area contributed by atoms with Crippen LogP contribution in [0.25, 0.3) is 0 Å². The van der Waals surface area contributed by atoms with E-state index in [0.717, 1.165) is 12.1 Å². The van der Waals surface area contributed by atoms with Crippen molar-refractivity contribution in [1.82, 2.24) is 0 Å². The molecule has 2 aromatic rings. The molecule has 0 amide bonds. The van der Waals surface area contributed by atoms with Gasteiger partial charge in [0.1, 0.15) is 17.3 Å². The SMILES string of the molecule is COc1ccc(F)cc1C(=O)c1cccc(OC(F)F)c1. The van der Waals surface area contributed by atoms with Crippen LogP contribution >= 0.6 is 0 Å². The molecular formula is C15H11F3O3. The number of rotatable bonds is 5. The van der Waals surface area contributed by atoms with Crippen molar-refractivity contribution < 1.29 is 27.4 Å². The predicted molar refractivity (Wildman–Crippen MR) is 69.5 cm³/mol. The van der Waals surface area contributed by atoms with Crippen molar-refractivity contribution in [3.05, 3.63) is 59.4 Å². The summed E-state index contributed by atoms with van der Waals surface area (Å²) in [5.41, 5.74) is 0.101. The van der Waals surface area contributed by atoms with E-state index in [2.05, 4.69) is 4.74 Å². The van der Waals surface area contributed by atoms with E-state index in [1.54, 1.807) is 0 Å². The Morgan fingerprint density at radius 3 is 2.57 bits per heavy atom. The highest BCUT2D eigenvalue weighted by atomic mass is 19.3. The first kappa shape index (κ1) is 14.9. The fourth-order valence-corrected chi connectivity index (χ4v) is 1.83. The summed E-state index contributed by atoms with van der Waals surface area (Å²) in [5.74, 6) is -1.10. The lowest BCUT2D eigenvalue weighted by Gasteiger charge is -2.09. The third kappa shape index (κ3) is 3.53. The Balaban J connectivity index is 2.38. The van der Waals surface area contributed by atoms with Crippen molar-refractivity contribution >= 4 is 5.78 Å². The molecule has 110 valence electrons. The van der Waals surface area contributed by atoms with Crippen molar-refractivity contribution in [2.45, 2.75) is 6.61 Å². The summed E-state index contributed by atoms with van der Waals surface area (Å²) in [6.07, 6.45) is 0. The Labute approximate surface area is 118 Å². The molecule has 0 bridgehead atoms. The molecule has 0 saturated carbocycles. The summed E-state index contributed by atoms with van der Waals surface area (Å²) in [4.78, 5) is 12.3. The van der Waals surface area contributed by atoms with E-state index < -0.39 is 18.2 Å². The standard InChI is InChI=1S/C15H11F3O3/c1-20-13-6-5-10(16)8-12(13)14(19)9-3-2-4-11(7-9)21-15(17)18/h2-8,15H,1H3. The summed E-state index contributed by atoms with van der Waals surface area (Å²) < 4.78 is 46.9. The van der Waals surface area contributed by atoms with Gasteiger partial charge in [-0.25, -0.2) is 4.39 Å². The van der Waals surface area contributed by atoms with Crippen LogP contribution in [-0.4, -0.2) is 19.5 Å². The van der Waals surface area contributed by atoms with E-state index in [1.807, 2.05) is 0 Å². The molecule has 3 nitrogen and oxygen atoms in total. The normalized spacial score (nSPS) is 10.5. The molecule has 0 atom stereocenters. The molecule has 0 radical (unpaired) electrons. The number of carbonyl (C=O) groups is 1. The molecule has 2 rings (SSSR count). The molecule has 6 heteroatoms. The van der Waals surface area contributed by atoms with E-state index in [1.165, 1.54) is 37.4 Å². The van der Waals surface area contributed by atoms with Gasteiger partial charge in [-0.1, -0.05) is 12.1 Å². The maximum absolute atomic E-state index is 13.3. The third-order valence-corrected chi connectivity index (χ3v) is 2.73. The molecule has 0 unspecified atom stereocenters. The molecule has 2 aromatic carbocycles. The number of benzene rings is 2. The minimum absolute atomic E-state index is 0.00620. The maximum atomic E-state index is 13.3. The minimum atomic E-state index is -2.99. The molecule has 0 aliphatic rings. The second-order valence-corrected chi connectivity index (χ2v) is 4.08. The van der Waals surface area contributed by atoms with E-state index in [9.17, 15) is 18.0 Å². The zero-order valence-electron chi connectivity index (χ0n) is 11.0. The van der Waals surface area contributed by atoms with Gasteiger partial charge in [0.25, 0.3) is 0 Å². The van der Waals surface area contributed by atoms with Crippen LogP contribution in [0.1, 0.15) is 15.9 Å². The summed E-state index contributed by atoms with van der Waals surface area (Å²) >= 11 is 0. The quantitative estimate of drug-likeness (QED) is 0.790. The Morgan fingerprint density at radius 1 is 1.14 bits per heavy atom. The van der Waals surface area contributed by atoms with Crippen LogP contribution in [0.3, 0.4) is 0 Å². The lowest BCUT2D eigenvalue weighted by molar-refractivity contribution is -0.0498. The maximum Gasteiger partial charge on any atom is 0.387 e. The Bertz CT molecular complexity index is 656. The van der Waals surface area contributed by atoms with E-state index in [-0.39, 0.29) is 22.6 Å². The van der Waals surface area contributed by atoms with Crippen molar-refractivity contribution in [3.63, 3.8) is 0 Å². The Hall–Kier alpha value is -2.50. The highest BCUT2D eigenvalue weighted by Crippen LogP contribution is 2.24. The zero-order valence-corrected chi connectivity index (χ0v) is 11.0. The van der Waals surface area contributed by atoms with Gasteiger partial charge in [-0.05, 0) is 30.3 Å². The average molecular weight is 296 g/mol. The monoisotopic (exact) mass is 296 g/mol. The molecule has 0 aliphatic heterocycles. The fraction of sp³-hybridized carbons (Fsp3) is 0.133. The topological polar surface area (TPSA) is 35.5 Å². The number of ketones is 1. The second kappa shape index (κ2) is 6.30. The number of hydrogen-bond acceptors (Lipinski definition) is 3. The summed E-state index contributed by atoms with van der Waals surface area (Å²) in [6, 6.07) is 8.79. The Kier molecular flexibility index (Phi) is 4.47. The molecule has 0 fully saturated rings. The molecule has 0 heterocycles. The van der Waals surface area contributed by atoms with Crippen molar-refractivity contribution in [1.29, 1.82) is 0 Å². The van der Waals surface area contributed by atoms with Crippen molar-refractivity contribution in [2.75, 3.05) is 7.11 Å². The van der Waals surface area contributed by atoms with Crippen LogP contribution in [-0.2, 0) is 0 Å². The minimum Gasteiger partial charge on any atom is -0.496 e. The number of carbonyl (C=O) groups excluding carboxylic acids is 1. The van der Waals surface area contributed by atoms with Gasteiger partial charge in [0.05, 0.1) is 12.7 Å². The fourth-order valence-electron chi connectivity index (χ4n) is 1.83. The third-order valence-electron chi connectivity index (χ3n) is 2.73. The smallest absolute Gasteiger partial charge is 0.387 e. The number of hydrogen-bond donors (Lipinski definition) is 0.